The van der Waals surface area contributed by atoms with Crippen LogP contribution in [0.25, 0.3) is 0 Å². The molecule has 1 N–H and O–H groups in total. The Morgan fingerprint density at radius 3 is 2.47 bits per heavy atom. The van der Waals surface area contributed by atoms with Gasteiger partial charge in [-0.3, -0.25) is 0 Å². The molecule has 5 nitrogen and oxygen atoms in total. The summed E-state index contributed by atoms with van der Waals surface area (Å²) in [6.45, 7) is 0. The minimum Gasteiger partial charge on any atom is -0.497 e. The minimum absolute atomic E-state index is 0.0941. The lowest BCUT2D eigenvalue weighted by molar-refractivity contribution is -0.135. The SMILES string of the molecule is COC(=O)/C(C#N)=C\Nc1ccc(OC)cc1. The van der Waals surface area contributed by atoms with E-state index in [1.807, 2.05) is 0 Å². The summed E-state index contributed by atoms with van der Waals surface area (Å²) < 4.78 is 9.44. The Bertz CT molecular complexity index is 458. The number of hydrogen-bond acceptors (Lipinski definition) is 5. The smallest absolute Gasteiger partial charge is 0.350 e. The highest BCUT2D eigenvalue weighted by Crippen LogP contribution is 2.15. The molecule has 0 saturated carbocycles. The molecule has 0 aliphatic rings. The van der Waals surface area contributed by atoms with E-state index in [1.54, 1.807) is 37.4 Å². The normalized spacial score (nSPS) is 10.3. The van der Waals surface area contributed by atoms with Crippen molar-refractivity contribution in [1.29, 1.82) is 5.26 Å². The standard InChI is InChI=1S/C12H12N2O3/c1-16-11-5-3-10(4-6-11)14-8-9(7-13)12(15)17-2/h3-6,8,14H,1-2H3/b9-8-. The van der Waals surface area contributed by atoms with E-state index in [0.717, 1.165) is 11.4 Å². The van der Waals surface area contributed by atoms with Crippen LogP contribution < -0.4 is 10.1 Å². The fourth-order valence-electron chi connectivity index (χ4n) is 1.09. The fraction of sp³-hybridized carbons (Fsp3) is 0.167. The summed E-state index contributed by atoms with van der Waals surface area (Å²) >= 11 is 0. The van der Waals surface area contributed by atoms with E-state index >= 15 is 0 Å². The number of methoxy groups -OCH3 is 2. The van der Waals surface area contributed by atoms with Gasteiger partial charge in [-0.1, -0.05) is 0 Å². The van der Waals surface area contributed by atoms with Crippen molar-refractivity contribution in [1.82, 2.24) is 0 Å². The van der Waals surface area contributed by atoms with E-state index in [1.165, 1.54) is 13.3 Å². The third-order valence-corrected chi connectivity index (χ3v) is 2.00. The molecule has 17 heavy (non-hydrogen) atoms. The summed E-state index contributed by atoms with van der Waals surface area (Å²) in [7, 11) is 2.80. The van der Waals surface area contributed by atoms with Crippen molar-refractivity contribution in [2.75, 3.05) is 19.5 Å². The number of nitriles is 1. The second-order valence-electron chi connectivity index (χ2n) is 3.03. The third kappa shape index (κ3) is 3.54. The van der Waals surface area contributed by atoms with Crippen LogP contribution in [0, 0.1) is 11.3 Å². The zero-order valence-electron chi connectivity index (χ0n) is 9.56. The molecule has 0 aliphatic carbocycles. The van der Waals surface area contributed by atoms with Crippen molar-refractivity contribution in [3.05, 3.63) is 36.0 Å². The van der Waals surface area contributed by atoms with Gasteiger partial charge in [-0.2, -0.15) is 5.26 Å². The first-order chi connectivity index (χ1) is 8.21. The van der Waals surface area contributed by atoms with Crippen LogP contribution >= 0.6 is 0 Å². The van der Waals surface area contributed by atoms with Gasteiger partial charge in [-0.15, -0.1) is 0 Å². The van der Waals surface area contributed by atoms with E-state index in [2.05, 4.69) is 10.1 Å². The molecule has 0 aromatic heterocycles. The number of ether oxygens (including phenoxy) is 2. The number of benzene rings is 1. The molecule has 0 saturated heterocycles. The highest BCUT2D eigenvalue weighted by molar-refractivity contribution is 5.92. The number of hydrogen-bond donors (Lipinski definition) is 1. The van der Waals surface area contributed by atoms with Crippen molar-refractivity contribution in [2.24, 2.45) is 0 Å². The minimum atomic E-state index is -0.673. The molecule has 0 radical (unpaired) electrons. The fourth-order valence-corrected chi connectivity index (χ4v) is 1.09. The number of carbonyl (C=O) groups is 1. The summed E-state index contributed by atoms with van der Waals surface area (Å²) in [5, 5.41) is 11.5. The maximum absolute atomic E-state index is 11.1. The van der Waals surface area contributed by atoms with E-state index in [4.69, 9.17) is 10.00 Å². The lowest BCUT2D eigenvalue weighted by Crippen LogP contribution is -2.05. The Morgan fingerprint density at radius 1 is 1.35 bits per heavy atom. The summed E-state index contributed by atoms with van der Waals surface area (Å²) in [5.74, 6) is 0.0570. The molecule has 0 fully saturated rings. The largest absolute Gasteiger partial charge is 0.497 e. The van der Waals surface area contributed by atoms with Crippen LogP contribution in [-0.2, 0) is 9.53 Å². The quantitative estimate of drug-likeness (QED) is 0.486. The number of anilines is 1. The van der Waals surface area contributed by atoms with Gasteiger partial charge < -0.3 is 14.8 Å². The number of nitrogens with zero attached hydrogens (tertiary/aromatic N) is 1. The van der Waals surface area contributed by atoms with Crippen LogP contribution in [0.1, 0.15) is 0 Å². The van der Waals surface area contributed by atoms with Crippen molar-refractivity contribution in [2.45, 2.75) is 0 Å². The zero-order valence-corrected chi connectivity index (χ0v) is 9.56. The first-order valence-corrected chi connectivity index (χ1v) is 4.80. The van der Waals surface area contributed by atoms with E-state index in [9.17, 15) is 4.79 Å². The third-order valence-electron chi connectivity index (χ3n) is 2.00. The molecule has 0 amide bonds. The van der Waals surface area contributed by atoms with Crippen LogP contribution in [0.5, 0.6) is 5.75 Å². The van der Waals surface area contributed by atoms with Gasteiger partial charge in [-0.05, 0) is 24.3 Å². The van der Waals surface area contributed by atoms with Crippen LogP contribution in [-0.4, -0.2) is 20.2 Å². The lowest BCUT2D eigenvalue weighted by atomic mass is 10.3. The Labute approximate surface area is 99.3 Å². The molecule has 1 aromatic carbocycles. The zero-order chi connectivity index (χ0) is 12.7. The molecule has 0 atom stereocenters. The summed E-state index contributed by atoms with van der Waals surface area (Å²) in [6.07, 6.45) is 1.30. The Balaban J connectivity index is 2.74. The lowest BCUT2D eigenvalue weighted by Gasteiger charge is -2.03. The molecule has 1 aromatic rings. The molecule has 88 valence electrons. The highest BCUT2D eigenvalue weighted by Gasteiger charge is 2.07. The maximum Gasteiger partial charge on any atom is 0.350 e. The van der Waals surface area contributed by atoms with Crippen molar-refractivity contribution >= 4 is 11.7 Å². The monoisotopic (exact) mass is 232 g/mol. The molecular formula is C12H12N2O3. The predicted molar refractivity (Wildman–Crippen MR) is 62.3 cm³/mol. The van der Waals surface area contributed by atoms with Gasteiger partial charge in [0.1, 0.15) is 11.8 Å². The summed E-state index contributed by atoms with van der Waals surface area (Å²) in [4.78, 5) is 11.1. The van der Waals surface area contributed by atoms with Gasteiger partial charge >= 0.3 is 5.97 Å². The van der Waals surface area contributed by atoms with Crippen LogP contribution in [0.3, 0.4) is 0 Å². The Morgan fingerprint density at radius 2 is 2.00 bits per heavy atom. The van der Waals surface area contributed by atoms with Crippen LogP contribution in [0.2, 0.25) is 0 Å². The van der Waals surface area contributed by atoms with Gasteiger partial charge in [-0.25, -0.2) is 4.79 Å². The maximum atomic E-state index is 11.1. The van der Waals surface area contributed by atoms with E-state index in [-0.39, 0.29) is 5.57 Å². The van der Waals surface area contributed by atoms with Gasteiger partial charge in [0.15, 0.2) is 5.57 Å². The molecule has 1 rings (SSSR count). The highest BCUT2D eigenvalue weighted by atomic mass is 16.5. The first kappa shape index (κ1) is 12.6. The number of esters is 1. The van der Waals surface area contributed by atoms with Crippen LogP contribution in [0.15, 0.2) is 36.0 Å². The Hall–Kier alpha value is -2.48. The average molecular weight is 232 g/mol. The average Bonchev–Trinajstić information content (AvgIpc) is 2.39. The van der Waals surface area contributed by atoms with Gasteiger partial charge in [0, 0.05) is 11.9 Å². The predicted octanol–water partition coefficient (Wildman–Crippen LogP) is 1.69. The first-order valence-electron chi connectivity index (χ1n) is 4.80. The molecule has 0 unspecified atom stereocenters. The Kier molecular flexibility index (Phi) is 4.58. The van der Waals surface area contributed by atoms with E-state index < -0.39 is 5.97 Å². The number of carbonyl (C=O) groups excluding carboxylic acids is 1. The van der Waals surface area contributed by atoms with Crippen LogP contribution in [0.4, 0.5) is 5.69 Å². The summed E-state index contributed by atoms with van der Waals surface area (Å²) in [5.41, 5.74) is 0.644. The molecule has 5 heteroatoms. The molecule has 0 bridgehead atoms. The number of nitrogens with one attached hydrogen (secondary N) is 1. The molecule has 0 aliphatic heterocycles. The molecular weight excluding hydrogens is 220 g/mol. The second-order valence-corrected chi connectivity index (χ2v) is 3.03. The topological polar surface area (TPSA) is 71.4 Å². The summed E-state index contributed by atoms with van der Waals surface area (Å²) in [6, 6.07) is 8.80. The molecule has 0 spiro atoms. The van der Waals surface area contributed by atoms with Crippen molar-refractivity contribution in [3.63, 3.8) is 0 Å². The van der Waals surface area contributed by atoms with Gasteiger partial charge in [0.25, 0.3) is 0 Å². The van der Waals surface area contributed by atoms with E-state index in [0.29, 0.717) is 0 Å². The van der Waals surface area contributed by atoms with Gasteiger partial charge in [0.05, 0.1) is 14.2 Å². The second kappa shape index (κ2) is 6.18. The van der Waals surface area contributed by atoms with Crippen molar-refractivity contribution < 1.29 is 14.3 Å². The molecule has 0 heterocycles. The van der Waals surface area contributed by atoms with Gasteiger partial charge in [0.2, 0.25) is 0 Å². The van der Waals surface area contributed by atoms with Crippen molar-refractivity contribution in [3.8, 4) is 11.8 Å². The number of rotatable bonds is 4.